The van der Waals surface area contributed by atoms with Crippen molar-refractivity contribution in [2.45, 2.75) is 45.4 Å². The van der Waals surface area contributed by atoms with Crippen molar-refractivity contribution < 1.29 is 45.4 Å². The second-order valence-electron chi connectivity index (χ2n) is 8.41. The standard InChI is InChI=1S/C23H24F6N2O4/c1-22(2,3)35-21(33)30-9-5-6-12-17(8-7-15(24)19(12)26)31-18-11-14(23(27,28)29)16(25)10-13(18)20(32)34-4/h7-8,10-11,31H,5-6,9H2,1-4H3,(H,30,33). The minimum atomic E-state index is -5.08. The summed E-state index contributed by atoms with van der Waals surface area (Å²) in [5.74, 6) is -5.34. The molecular weight excluding hydrogens is 482 g/mol. The van der Waals surface area contributed by atoms with Gasteiger partial charge in [0.25, 0.3) is 0 Å². The van der Waals surface area contributed by atoms with Crippen LogP contribution in [-0.2, 0) is 22.1 Å². The number of nitrogens with one attached hydrogen (secondary N) is 2. The van der Waals surface area contributed by atoms with Gasteiger partial charge >= 0.3 is 18.2 Å². The van der Waals surface area contributed by atoms with E-state index in [2.05, 4.69) is 15.4 Å². The third-order valence-electron chi connectivity index (χ3n) is 4.56. The van der Waals surface area contributed by atoms with Crippen LogP contribution in [0.5, 0.6) is 0 Å². The van der Waals surface area contributed by atoms with E-state index in [0.717, 1.165) is 19.2 Å². The van der Waals surface area contributed by atoms with Crippen LogP contribution in [0.4, 0.5) is 42.5 Å². The molecule has 0 saturated heterocycles. The smallest absolute Gasteiger partial charge is 0.419 e. The quantitative estimate of drug-likeness (QED) is 0.269. The van der Waals surface area contributed by atoms with E-state index in [1.165, 1.54) is 0 Å². The molecule has 0 unspecified atom stereocenters. The minimum Gasteiger partial charge on any atom is -0.465 e. The second kappa shape index (κ2) is 10.9. The Balaban J connectivity index is 2.35. The van der Waals surface area contributed by atoms with Crippen LogP contribution in [0.15, 0.2) is 24.3 Å². The SMILES string of the molecule is COC(=O)c1cc(F)c(C(F)(F)F)cc1Nc1ccc(F)c(F)c1CCCNC(=O)OC(C)(C)C. The normalized spacial score (nSPS) is 11.7. The number of carbonyl (C=O) groups is 2. The average molecular weight is 506 g/mol. The van der Waals surface area contributed by atoms with Gasteiger partial charge in [0.1, 0.15) is 11.4 Å². The van der Waals surface area contributed by atoms with Gasteiger partial charge in [0, 0.05) is 17.8 Å². The Hall–Kier alpha value is -3.44. The van der Waals surface area contributed by atoms with Gasteiger partial charge in [-0.1, -0.05) is 0 Å². The molecule has 2 rings (SSSR count). The van der Waals surface area contributed by atoms with Crippen LogP contribution in [0.25, 0.3) is 0 Å². The van der Waals surface area contributed by atoms with Crippen molar-refractivity contribution in [1.82, 2.24) is 5.32 Å². The number of alkyl carbamates (subject to hydrolysis) is 1. The molecule has 0 saturated carbocycles. The Morgan fingerprint density at radius 1 is 0.971 bits per heavy atom. The summed E-state index contributed by atoms with van der Waals surface area (Å²) in [6.07, 6.45) is -5.85. The number of ether oxygens (including phenoxy) is 2. The highest BCUT2D eigenvalue weighted by atomic mass is 19.4. The van der Waals surface area contributed by atoms with Gasteiger partial charge < -0.3 is 20.1 Å². The van der Waals surface area contributed by atoms with Gasteiger partial charge in [-0.25, -0.2) is 22.8 Å². The van der Waals surface area contributed by atoms with E-state index < -0.39 is 58.1 Å². The Morgan fingerprint density at radius 2 is 1.63 bits per heavy atom. The van der Waals surface area contributed by atoms with Crippen molar-refractivity contribution in [3.63, 3.8) is 0 Å². The van der Waals surface area contributed by atoms with Gasteiger partial charge in [-0.05, 0) is 57.9 Å². The lowest BCUT2D eigenvalue weighted by molar-refractivity contribution is -0.139. The monoisotopic (exact) mass is 506 g/mol. The van der Waals surface area contributed by atoms with Crippen LogP contribution >= 0.6 is 0 Å². The number of hydrogen-bond acceptors (Lipinski definition) is 5. The summed E-state index contributed by atoms with van der Waals surface area (Å²) in [4.78, 5) is 23.7. The van der Waals surface area contributed by atoms with Crippen LogP contribution in [0, 0.1) is 17.5 Å². The first-order valence-electron chi connectivity index (χ1n) is 10.3. The van der Waals surface area contributed by atoms with E-state index in [0.29, 0.717) is 12.1 Å². The fraction of sp³-hybridized carbons (Fsp3) is 0.391. The number of benzene rings is 2. The summed E-state index contributed by atoms with van der Waals surface area (Å²) >= 11 is 0. The Morgan fingerprint density at radius 3 is 2.20 bits per heavy atom. The van der Waals surface area contributed by atoms with E-state index in [1.807, 2.05) is 0 Å². The fourth-order valence-electron chi connectivity index (χ4n) is 3.04. The Bertz CT molecular complexity index is 1100. The van der Waals surface area contributed by atoms with Gasteiger partial charge in [0.2, 0.25) is 0 Å². The van der Waals surface area contributed by atoms with E-state index in [4.69, 9.17) is 4.74 Å². The molecule has 2 aromatic carbocycles. The molecular formula is C23H24F6N2O4. The number of methoxy groups -OCH3 is 1. The van der Waals surface area contributed by atoms with Crippen molar-refractivity contribution >= 4 is 23.4 Å². The molecule has 0 atom stereocenters. The third-order valence-corrected chi connectivity index (χ3v) is 4.56. The summed E-state index contributed by atoms with van der Waals surface area (Å²) in [5, 5.41) is 4.91. The van der Waals surface area contributed by atoms with Crippen LogP contribution < -0.4 is 10.6 Å². The number of hydrogen-bond donors (Lipinski definition) is 2. The molecule has 0 aliphatic rings. The number of esters is 1. The highest BCUT2D eigenvalue weighted by Gasteiger charge is 2.36. The van der Waals surface area contributed by atoms with E-state index in [-0.39, 0.29) is 30.6 Å². The molecule has 0 fully saturated rings. The molecule has 0 bridgehead atoms. The molecule has 6 nitrogen and oxygen atoms in total. The number of rotatable bonds is 7. The summed E-state index contributed by atoms with van der Waals surface area (Å²) in [6, 6.07) is 2.50. The molecule has 0 aromatic heterocycles. The Labute approximate surface area is 197 Å². The van der Waals surface area contributed by atoms with Crippen molar-refractivity contribution in [3.05, 3.63) is 58.4 Å². The first-order valence-corrected chi connectivity index (χ1v) is 10.3. The maximum absolute atomic E-state index is 14.6. The molecule has 0 spiro atoms. The third kappa shape index (κ3) is 7.52. The molecule has 192 valence electrons. The highest BCUT2D eigenvalue weighted by Crippen LogP contribution is 2.36. The van der Waals surface area contributed by atoms with Gasteiger partial charge in [-0.2, -0.15) is 13.2 Å². The summed E-state index contributed by atoms with van der Waals surface area (Å²) < 4.78 is 91.7. The number of amides is 1. The van der Waals surface area contributed by atoms with Crippen molar-refractivity contribution in [2.24, 2.45) is 0 Å². The van der Waals surface area contributed by atoms with Gasteiger partial charge in [-0.3, -0.25) is 0 Å². The lowest BCUT2D eigenvalue weighted by atomic mass is 10.0. The molecule has 12 heteroatoms. The number of anilines is 2. The maximum Gasteiger partial charge on any atom is 0.419 e. The number of halogens is 6. The molecule has 35 heavy (non-hydrogen) atoms. The lowest BCUT2D eigenvalue weighted by Gasteiger charge is -2.20. The van der Waals surface area contributed by atoms with Crippen molar-refractivity contribution in [1.29, 1.82) is 0 Å². The van der Waals surface area contributed by atoms with Gasteiger partial charge in [-0.15, -0.1) is 0 Å². The first kappa shape index (κ1) is 27.8. The van der Waals surface area contributed by atoms with E-state index in [9.17, 15) is 35.9 Å². The average Bonchev–Trinajstić information content (AvgIpc) is 2.73. The summed E-state index contributed by atoms with van der Waals surface area (Å²) in [5.41, 5.74) is -3.93. The molecule has 2 aromatic rings. The van der Waals surface area contributed by atoms with Crippen LogP contribution in [0.3, 0.4) is 0 Å². The van der Waals surface area contributed by atoms with Gasteiger partial charge in [0.05, 0.1) is 23.9 Å². The lowest BCUT2D eigenvalue weighted by Crippen LogP contribution is -2.33. The zero-order valence-corrected chi connectivity index (χ0v) is 19.3. The predicted octanol–water partition coefficient (Wildman–Crippen LogP) is 6.11. The number of carbonyl (C=O) groups excluding carboxylic acids is 2. The molecule has 0 heterocycles. The van der Waals surface area contributed by atoms with Crippen LogP contribution in [0.2, 0.25) is 0 Å². The summed E-state index contributed by atoms with van der Waals surface area (Å²) in [7, 11) is 0.947. The zero-order chi connectivity index (χ0) is 26.6. The van der Waals surface area contributed by atoms with E-state index >= 15 is 0 Å². The molecule has 1 amide bonds. The first-order chi connectivity index (χ1) is 16.1. The molecule has 0 aliphatic heterocycles. The molecule has 0 radical (unpaired) electrons. The van der Waals surface area contributed by atoms with Gasteiger partial charge in [0.15, 0.2) is 11.6 Å². The molecule has 0 aliphatic carbocycles. The Kier molecular flexibility index (Phi) is 8.64. The molecule has 2 N–H and O–H groups in total. The highest BCUT2D eigenvalue weighted by molar-refractivity contribution is 5.97. The minimum absolute atomic E-state index is 0.0203. The van der Waals surface area contributed by atoms with E-state index in [1.54, 1.807) is 20.8 Å². The zero-order valence-electron chi connectivity index (χ0n) is 19.3. The fourth-order valence-corrected chi connectivity index (χ4v) is 3.04. The van der Waals surface area contributed by atoms with Crippen molar-refractivity contribution in [3.8, 4) is 0 Å². The van der Waals surface area contributed by atoms with Crippen LogP contribution in [0.1, 0.15) is 48.7 Å². The second-order valence-corrected chi connectivity index (χ2v) is 8.41. The number of alkyl halides is 3. The maximum atomic E-state index is 14.6. The summed E-state index contributed by atoms with van der Waals surface area (Å²) in [6.45, 7) is 5.01. The topological polar surface area (TPSA) is 76.7 Å². The largest absolute Gasteiger partial charge is 0.465 e. The predicted molar refractivity (Wildman–Crippen MR) is 115 cm³/mol. The van der Waals surface area contributed by atoms with Crippen LogP contribution in [-0.4, -0.2) is 31.3 Å². The van der Waals surface area contributed by atoms with Crippen molar-refractivity contribution in [2.75, 3.05) is 19.0 Å².